The fourth-order valence-electron chi connectivity index (χ4n) is 3.19. The van der Waals surface area contributed by atoms with Gasteiger partial charge in [0.1, 0.15) is 11.2 Å². The van der Waals surface area contributed by atoms with E-state index in [0.29, 0.717) is 5.92 Å². The molecule has 0 aromatic carbocycles. The molecule has 3 aromatic rings. The van der Waals surface area contributed by atoms with Gasteiger partial charge in [-0.3, -0.25) is 0 Å². The maximum atomic E-state index is 5.47. The van der Waals surface area contributed by atoms with Crippen molar-refractivity contribution >= 4 is 31.8 Å². The van der Waals surface area contributed by atoms with Gasteiger partial charge < -0.3 is 4.74 Å². The van der Waals surface area contributed by atoms with Crippen molar-refractivity contribution in [2.45, 2.75) is 32.6 Å². The first-order chi connectivity index (χ1) is 10.2. The summed E-state index contributed by atoms with van der Waals surface area (Å²) in [5, 5.41) is 1.19. The molecule has 1 saturated heterocycles. The Morgan fingerprint density at radius 3 is 2.81 bits per heavy atom. The molecule has 0 unspecified atom stereocenters. The van der Waals surface area contributed by atoms with Gasteiger partial charge in [0.25, 0.3) is 0 Å². The van der Waals surface area contributed by atoms with Gasteiger partial charge >= 0.3 is 0 Å². The van der Waals surface area contributed by atoms with Crippen LogP contribution in [0.5, 0.6) is 0 Å². The molecule has 108 valence electrons. The van der Waals surface area contributed by atoms with Crippen LogP contribution < -0.4 is 0 Å². The van der Waals surface area contributed by atoms with Crippen LogP contribution in [0.4, 0.5) is 0 Å². The summed E-state index contributed by atoms with van der Waals surface area (Å²) in [5.41, 5.74) is 4.56. The van der Waals surface area contributed by atoms with Crippen LogP contribution in [-0.2, 0) is 4.74 Å². The van der Waals surface area contributed by atoms with Crippen molar-refractivity contribution in [3.05, 3.63) is 29.3 Å². The van der Waals surface area contributed by atoms with Crippen LogP contribution >= 0.6 is 11.3 Å². The van der Waals surface area contributed by atoms with Crippen LogP contribution in [0.15, 0.2) is 12.4 Å². The predicted molar refractivity (Wildman–Crippen MR) is 85.0 cm³/mol. The summed E-state index contributed by atoms with van der Waals surface area (Å²) >= 11 is 1.73. The lowest BCUT2D eigenvalue weighted by Crippen LogP contribution is -2.15. The van der Waals surface area contributed by atoms with Gasteiger partial charge in [0.15, 0.2) is 0 Å². The summed E-state index contributed by atoms with van der Waals surface area (Å²) in [6.45, 7) is 5.84. The average molecular weight is 299 g/mol. The van der Waals surface area contributed by atoms with Gasteiger partial charge in [0.2, 0.25) is 0 Å². The summed E-state index contributed by atoms with van der Waals surface area (Å²) in [6, 6.07) is 2.13. The highest BCUT2D eigenvalue weighted by Crippen LogP contribution is 2.39. The minimum absolute atomic E-state index is 0.485. The zero-order valence-corrected chi connectivity index (χ0v) is 13.0. The monoisotopic (exact) mass is 299 g/mol. The van der Waals surface area contributed by atoms with Crippen LogP contribution in [0.2, 0.25) is 0 Å². The molecule has 4 nitrogen and oxygen atoms in total. The number of nitrogens with zero attached hydrogens (tertiary/aromatic N) is 3. The van der Waals surface area contributed by atoms with E-state index in [1.165, 1.54) is 21.3 Å². The second-order valence-corrected chi connectivity index (χ2v) is 6.69. The van der Waals surface area contributed by atoms with E-state index in [1.807, 2.05) is 6.92 Å². The smallest absolute Gasteiger partial charge is 0.126 e. The number of aryl methyl sites for hydroxylation is 2. The summed E-state index contributed by atoms with van der Waals surface area (Å²) in [4.78, 5) is 14.9. The fraction of sp³-hybridized carbons (Fsp3) is 0.438. The van der Waals surface area contributed by atoms with Crippen molar-refractivity contribution in [3.63, 3.8) is 0 Å². The van der Waals surface area contributed by atoms with Crippen LogP contribution in [0.25, 0.3) is 20.4 Å². The number of rotatable bonds is 1. The number of fused-ring (bicyclic) bond motifs is 3. The molecule has 0 aliphatic carbocycles. The van der Waals surface area contributed by atoms with E-state index in [2.05, 4.69) is 27.9 Å². The first kappa shape index (κ1) is 13.1. The van der Waals surface area contributed by atoms with Gasteiger partial charge in [0.05, 0.1) is 15.9 Å². The van der Waals surface area contributed by atoms with E-state index in [9.17, 15) is 0 Å². The fourth-order valence-corrected chi connectivity index (χ4v) is 4.51. The van der Waals surface area contributed by atoms with Gasteiger partial charge in [-0.05, 0) is 38.3 Å². The minimum Gasteiger partial charge on any atom is -0.381 e. The minimum atomic E-state index is 0.485. The lowest BCUT2D eigenvalue weighted by atomic mass is 9.96. The molecule has 0 atom stereocenters. The normalized spacial score (nSPS) is 16.9. The SMILES string of the molecule is Cc1cc(C)c2c(n1)sc1c(C3CCOCC3)ncnc12. The topological polar surface area (TPSA) is 47.9 Å². The average Bonchev–Trinajstić information content (AvgIpc) is 2.86. The van der Waals surface area contributed by atoms with Crippen molar-refractivity contribution in [3.8, 4) is 0 Å². The van der Waals surface area contributed by atoms with Crippen LogP contribution in [0, 0.1) is 13.8 Å². The number of thiophene rings is 1. The molecule has 5 heteroatoms. The molecule has 4 rings (SSSR count). The third-order valence-corrected chi connectivity index (χ3v) is 5.28. The van der Waals surface area contributed by atoms with Crippen LogP contribution in [0.1, 0.15) is 35.7 Å². The largest absolute Gasteiger partial charge is 0.381 e. The van der Waals surface area contributed by atoms with Gasteiger partial charge in [-0.1, -0.05) is 0 Å². The lowest BCUT2D eigenvalue weighted by Gasteiger charge is -2.21. The molecule has 1 aliphatic heterocycles. The Morgan fingerprint density at radius 1 is 1.19 bits per heavy atom. The number of pyridine rings is 1. The van der Waals surface area contributed by atoms with Crippen LogP contribution in [0.3, 0.4) is 0 Å². The maximum absolute atomic E-state index is 5.47. The molecule has 0 bridgehead atoms. The Balaban J connectivity index is 1.99. The number of aromatic nitrogens is 3. The second-order valence-electron chi connectivity index (χ2n) is 5.69. The Morgan fingerprint density at radius 2 is 2.00 bits per heavy atom. The molecule has 4 heterocycles. The molecule has 0 saturated carbocycles. The molecule has 21 heavy (non-hydrogen) atoms. The predicted octanol–water partition coefficient (Wildman–Crippen LogP) is 3.75. The lowest BCUT2D eigenvalue weighted by molar-refractivity contribution is 0.0848. The highest BCUT2D eigenvalue weighted by Gasteiger charge is 2.22. The third-order valence-electron chi connectivity index (χ3n) is 4.19. The number of ether oxygens (including phenoxy) is 1. The molecule has 3 aromatic heterocycles. The first-order valence-corrected chi connectivity index (χ1v) is 8.15. The molecular weight excluding hydrogens is 282 g/mol. The van der Waals surface area contributed by atoms with Crippen molar-refractivity contribution in [2.24, 2.45) is 0 Å². The Labute approximate surface area is 127 Å². The van der Waals surface area contributed by atoms with Crippen molar-refractivity contribution in [1.82, 2.24) is 15.0 Å². The van der Waals surface area contributed by atoms with Crippen molar-refractivity contribution < 1.29 is 4.74 Å². The van der Waals surface area contributed by atoms with Gasteiger partial charge in [0, 0.05) is 30.2 Å². The van der Waals surface area contributed by atoms with Gasteiger partial charge in [-0.15, -0.1) is 11.3 Å². The summed E-state index contributed by atoms with van der Waals surface area (Å²) < 4.78 is 6.68. The first-order valence-electron chi connectivity index (χ1n) is 7.33. The van der Waals surface area contributed by atoms with E-state index in [4.69, 9.17) is 4.74 Å². The zero-order chi connectivity index (χ0) is 14.4. The molecule has 0 N–H and O–H groups in total. The molecule has 1 aliphatic rings. The Kier molecular flexibility index (Phi) is 3.12. The molecule has 0 spiro atoms. The van der Waals surface area contributed by atoms with Crippen LogP contribution in [-0.4, -0.2) is 28.2 Å². The van der Waals surface area contributed by atoms with E-state index < -0.39 is 0 Å². The third kappa shape index (κ3) is 2.12. The summed E-state index contributed by atoms with van der Waals surface area (Å²) in [5.74, 6) is 0.485. The zero-order valence-electron chi connectivity index (χ0n) is 12.2. The quantitative estimate of drug-likeness (QED) is 0.686. The highest BCUT2D eigenvalue weighted by molar-refractivity contribution is 7.25. The second kappa shape index (κ2) is 5.00. The standard InChI is InChI=1S/C16H17N3OS/c1-9-7-10(2)19-16-12(9)14-15(21-16)13(17-8-18-14)11-3-5-20-6-4-11/h7-8,11H,3-6H2,1-2H3. The molecule has 0 amide bonds. The molecule has 1 fully saturated rings. The maximum Gasteiger partial charge on any atom is 0.126 e. The number of hydrogen-bond acceptors (Lipinski definition) is 5. The molecular formula is C16H17N3OS. The molecule has 0 radical (unpaired) electrons. The Hall–Kier alpha value is -1.59. The van der Waals surface area contributed by atoms with E-state index >= 15 is 0 Å². The van der Waals surface area contributed by atoms with Gasteiger partial charge in [-0.25, -0.2) is 15.0 Å². The van der Waals surface area contributed by atoms with Gasteiger partial charge in [-0.2, -0.15) is 0 Å². The van der Waals surface area contributed by atoms with Crippen molar-refractivity contribution in [2.75, 3.05) is 13.2 Å². The van der Waals surface area contributed by atoms with Crippen molar-refractivity contribution in [1.29, 1.82) is 0 Å². The number of hydrogen-bond donors (Lipinski definition) is 0. The van der Waals surface area contributed by atoms with E-state index in [-0.39, 0.29) is 0 Å². The Bertz CT molecular complexity index is 821. The van der Waals surface area contributed by atoms with E-state index in [0.717, 1.165) is 42.1 Å². The summed E-state index contributed by atoms with van der Waals surface area (Å²) in [7, 11) is 0. The van der Waals surface area contributed by atoms with E-state index in [1.54, 1.807) is 17.7 Å². The highest BCUT2D eigenvalue weighted by atomic mass is 32.1. The summed E-state index contributed by atoms with van der Waals surface area (Å²) in [6.07, 6.45) is 3.80.